The number of ether oxygens (including phenoxy) is 1. The van der Waals surface area contributed by atoms with E-state index in [4.69, 9.17) is 27.9 Å². The highest BCUT2D eigenvalue weighted by Crippen LogP contribution is 2.32. The van der Waals surface area contributed by atoms with Gasteiger partial charge in [-0.05, 0) is 36.2 Å². The zero-order valence-electron chi connectivity index (χ0n) is 18.2. The van der Waals surface area contributed by atoms with E-state index in [9.17, 15) is 14.9 Å². The lowest BCUT2D eigenvalue weighted by atomic mass is 9.99. The van der Waals surface area contributed by atoms with Crippen LogP contribution in [0.4, 0.5) is 0 Å². The average Bonchev–Trinajstić information content (AvgIpc) is 3.29. The van der Waals surface area contributed by atoms with E-state index >= 15 is 0 Å². The van der Waals surface area contributed by atoms with Gasteiger partial charge in [0.05, 0.1) is 40.7 Å². The maximum atomic E-state index is 13.3. The summed E-state index contributed by atoms with van der Waals surface area (Å²) in [5.41, 5.74) is 2.48. The number of Topliss-reactive ketones (excluding diaryl/α,β-unsaturated/α-hetero) is 1. The van der Waals surface area contributed by atoms with Crippen LogP contribution in [-0.4, -0.2) is 33.5 Å². The van der Waals surface area contributed by atoms with Crippen LogP contribution in [-0.2, 0) is 16.0 Å². The third kappa shape index (κ3) is 4.90. The maximum Gasteiger partial charge on any atom is 0.251 e. The number of hydrogen-bond donors (Lipinski definition) is 0. The molecule has 0 saturated heterocycles. The molecule has 34 heavy (non-hydrogen) atoms. The fourth-order valence-electron chi connectivity index (χ4n) is 3.88. The highest BCUT2D eigenvalue weighted by molar-refractivity contribution is 6.33. The van der Waals surface area contributed by atoms with E-state index in [1.165, 1.54) is 23.9 Å². The minimum Gasteiger partial charge on any atom is -0.385 e. The van der Waals surface area contributed by atoms with Crippen molar-refractivity contribution in [2.24, 2.45) is 0 Å². The van der Waals surface area contributed by atoms with Gasteiger partial charge < -0.3 is 13.7 Å². The number of hydrogen-bond acceptors (Lipinski definition) is 5. The van der Waals surface area contributed by atoms with Crippen LogP contribution in [0.2, 0.25) is 10.0 Å². The summed E-state index contributed by atoms with van der Waals surface area (Å²) in [7, 11) is 1.54. The van der Waals surface area contributed by atoms with Crippen LogP contribution in [0, 0.1) is 11.3 Å². The number of nitrogens with zero attached hydrogens (tertiary/aromatic N) is 4. The third-order valence-corrected chi connectivity index (χ3v) is 6.11. The predicted molar refractivity (Wildman–Crippen MR) is 130 cm³/mol. The van der Waals surface area contributed by atoms with E-state index in [2.05, 4.69) is 11.1 Å². The van der Waals surface area contributed by atoms with Crippen LogP contribution in [0.15, 0.2) is 66.1 Å². The molecule has 1 atom stereocenters. The van der Waals surface area contributed by atoms with Crippen molar-refractivity contribution in [3.05, 3.63) is 92.8 Å². The molecule has 0 aliphatic heterocycles. The highest BCUT2D eigenvalue weighted by Gasteiger charge is 2.23. The fraction of sp³-hybridized carbons (Fsp3) is 0.200. The molecule has 1 unspecified atom stereocenters. The molecule has 7 nitrogen and oxygen atoms in total. The fourth-order valence-corrected chi connectivity index (χ4v) is 4.32. The molecule has 0 fully saturated rings. The summed E-state index contributed by atoms with van der Waals surface area (Å²) in [5, 5.41) is 10.1. The second-order valence-electron chi connectivity index (χ2n) is 7.79. The standard InChI is InChI=1S/C25H20Cl2N4O3/c1-34-7-6-23(24(32)8-16-2-5-19-12-29-15-30(19)13-16)31-14-22(27)21(10-25(31)33)20-9-18(26)4-3-17(20)11-28/h2-5,9-10,12-15,23H,6-8H2,1H3. The summed E-state index contributed by atoms with van der Waals surface area (Å²) in [4.78, 5) is 30.5. The first-order valence-electron chi connectivity index (χ1n) is 10.4. The van der Waals surface area contributed by atoms with Crippen molar-refractivity contribution in [1.29, 1.82) is 5.26 Å². The van der Waals surface area contributed by atoms with Crippen LogP contribution in [0.3, 0.4) is 0 Å². The number of methoxy groups -OCH3 is 1. The van der Waals surface area contributed by atoms with Gasteiger partial charge in [0.25, 0.3) is 5.56 Å². The van der Waals surface area contributed by atoms with Crippen LogP contribution >= 0.6 is 23.2 Å². The van der Waals surface area contributed by atoms with Crippen molar-refractivity contribution < 1.29 is 9.53 Å². The normalized spacial score (nSPS) is 11.9. The van der Waals surface area contributed by atoms with Crippen molar-refractivity contribution in [2.75, 3.05) is 13.7 Å². The minimum atomic E-state index is -0.771. The predicted octanol–water partition coefficient (Wildman–Crippen LogP) is 4.73. The second-order valence-corrected chi connectivity index (χ2v) is 8.63. The first-order valence-corrected chi connectivity index (χ1v) is 11.2. The van der Waals surface area contributed by atoms with Crippen molar-refractivity contribution >= 4 is 34.5 Å². The molecule has 3 heterocycles. The van der Waals surface area contributed by atoms with Crippen molar-refractivity contribution in [2.45, 2.75) is 18.9 Å². The quantitative estimate of drug-likeness (QED) is 0.353. The van der Waals surface area contributed by atoms with Crippen LogP contribution in [0.5, 0.6) is 0 Å². The van der Waals surface area contributed by atoms with E-state index in [0.717, 1.165) is 11.1 Å². The number of carbonyl (C=O) groups excluding carboxylic acids is 1. The number of imidazole rings is 1. The van der Waals surface area contributed by atoms with E-state index in [1.54, 1.807) is 30.7 Å². The summed E-state index contributed by atoms with van der Waals surface area (Å²) in [6.45, 7) is 0.287. The smallest absolute Gasteiger partial charge is 0.251 e. The van der Waals surface area contributed by atoms with Gasteiger partial charge in [0.1, 0.15) is 0 Å². The molecule has 4 rings (SSSR count). The number of halogens is 2. The molecule has 0 amide bonds. The number of rotatable bonds is 8. The highest BCUT2D eigenvalue weighted by atomic mass is 35.5. The van der Waals surface area contributed by atoms with Crippen LogP contribution < -0.4 is 5.56 Å². The van der Waals surface area contributed by atoms with Gasteiger partial charge in [0, 0.05) is 54.7 Å². The summed E-state index contributed by atoms with van der Waals surface area (Å²) < 4.78 is 8.35. The monoisotopic (exact) mass is 494 g/mol. The largest absolute Gasteiger partial charge is 0.385 e. The van der Waals surface area contributed by atoms with Gasteiger partial charge >= 0.3 is 0 Å². The Hall–Kier alpha value is -3.44. The average molecular weight is 495 g/mol. The first kappa shape index (κ1) is 23.7. The summed E-state index contributed by atoms with van der Waals surface area (Å²) >= 11 is 12.7. The number of ketones is 1. The third-order valence-electron chi connectivity index (χ3n) is 5.57. The number of pyridine rings is 2. The van der Waals surface area contributed by atoms with Crippen molar-refractivity contribution in [3.63, 3.8) is 0 Å². The molecule has 0 aliphatic rings. The van der Waals surface area contributed by atoms with E-state index in [-0.39, 0.29) is 23.8 Å². The van der Waals surface area contributed by atoms with E-state index < -0.39 is 11.6 Å². The molecule has 0 aliphatic carbocycles. The van der Waals surface area contributed by atoms with Gasteiger partial charge in [-0.25, -0.2) is 4.98 Å². The SMILES string of the molecule is COCCC(C(=O)Cc1ccc2cncn2c1)n1cc(Cl)c(-c2cc(Cl)ccc2C#N)cc1=O. The molecular formula is C25H20Cl2N4O3. The van der Waals surface area contributed by atoms with Gasteiger partial charge in [-0.3, -0.25) is 9.59 Å². The molecule has 9 heteroatoms. The molecule has 3 aromatic heterocycles. The van der Waals surface area contributed by atoms with Crippen LogP contribution in [0.1, 0.15) is 23.6 Å². The zero-order chi connectivity index (χ0) is 24.2. The molecule has 0 N–H and O–H groups in total. The topological polar surface area (TPSA) is 89.4 Å². The van der Waals surface area contributed by atoms with Gasteiger partial charge in [0.2, 0.25) is 0 Å². The van der Waals surface area contributed by atoms with Gasteiger partial charge in [-0.15, -0.1) is 0 Å². The lowest BCUT2D eigenvalue weighted by Crippen LogP contribution is -2.31. The lowest BCUT2D eigenvalue weighted by Gasteiger charge is -2.20. The Morgan fingerprint density at radius 3 is 2.76 bits per heavy atom. The molecule has 0 saturated carbocycles. The molecule has 0 radical (unpaired) electrons. The molecule has 0 spiro atoms. The number of fused-ring (bicyclic) bond motifs is 1. The molecule has 172 valence electrons. The zero-order valence-corrected chi connectivity index (χ0v) is 19.8. The molecular weight excluding hydrogens is 475 g/mol. The van der Waals surface area contributed by atoms with Gasteiger partial charge in [-0.1, -0.05) is 29.3 Å². The van der Waals surface area contributed by atoms with E-state index in [1.807, 2.05) is 22.7 Å². The Labute approximate surface area is 205 Å². The Kier molecular flexibility index (Phi) is 7.13. The Balaban J connectivity index is 1.70. The van der Waals surface area contributed by atoms with Crippen molar-refractivity contribution in [1.82, 2.24) is 14.0 Å². The Bertz CT molecular complexity index is 1470. The van der Waals surface area contributed by atoms with Crippen molar-refractivity contribution in [3.8, 4) is 17.2 Å². The molecule has 1 aromatic carbocycles. The van der Waals surface area contributed by atoms with E-state index in [0.29, 0.717) is 28.1 Å². The number of carbonyl (C=O) groups is 1. The summed E-state index contributed by atoms with van der Waals surface area (Å²) in [6.07, 6.45) is 7.11. The number of benzene rings is 1. The maximum absolute atomic E-state index is 13.3. The number of aromatic nitrogens is 3. The Morgan fingerprint density at radius 2 is 2.00 bits per heavy atom. The van der Waals surface area contributed by atoms with Gasteiger partial charge in [-0.2, -0.15) is 5.26 Å². The van der Waals surface area contributed by atoms with Crippen LogP contribution in [0.25, 0.3) is 16.6 Å². The first-order chi connectivity index (χ1) is 16.4. The number of nitriles is 1. The van der Waals surface area contributed by atoms with Gasteiger partial charge in [0.15, 0.2) is 5.78 Å². The second kappa shape index (κ2) is 10.2. The Morgan fingerprint density at radius 1 is 1.18 bits per heavy atom. The molecule has 4 aromatic rings. The minimum absolute atomic E-state index is 0.126. The summed E-state index contributed by atoms with van der Waals surface area (Å²) in [6, 6.07) is 11.2. The summed E-state index contributed by atoms with van der Waals surface area (Å²) in [5.74, 6) is -0.150. The molecule has 0 bridgehead atoms. The lowest BCUT2D eigenvalue weighted by molar-refractivity contribution is -0.122.